The van der Waals surface area contributed by atoms with Crippen molar-refractivity contribution in [3.05, 3.63) is 65.7 Å². The number of hydrogen-bond donors (Lipinski definition) is 0. The van der Waals surface area contributed by atoms with Crippen molar-refractivity contribution in [3.8, 4) is 5.75 Å². The minimum absolute atomic E-state index is 0.612. The third-order valence-electron chi connectivity index (χ3n) is 3.41. The molecule has 2 nitrogen and oxygen atoms in total. The zero-order chi connectivity index (χ0) is 15.8. The highest BCUT2D eigenvalue weighted by atomic mass is 32.2. The average Bonchev–Trinajstić information content (AvgIpc) is 2.59. The van der Waals surface area contributed by atoms with E-state index in [1.807, 2.05) is 19.1 Å². The molecule has 0 aliphatic carbocycles. The molecule has 0 bridgehead atoms. The van der Waals surface area contributed by atoms with Crippen molar-refractivity contribution in [2.75, 3.05) is 26.6 Å². The van der Waals surface area contributed by atoms with Crippen molar-refractivity contribution in [2.45, 2.75) is 11.8 Å². The standard InChI is InChI=1S/C19H22O2S/c1-4-21-14-13-17(15-9-11-16(20-2)12-10-15)18-7-5-6-8-19(18)22-3/h5-13H,4,14H2,1-3H3/b17-13-. The first-order valence-electron chi connectivity index (χ1n) is 7.35. The maximum Gasteiger partial charge on any atom is 0.118 e. The summed E-state index contributed by atoms with van der Waals surface area (Å²) in [6, 6.07) is 16.6. The quantitative estimate of drug-likeness (QED) is 0.536. The van der Waals surface area contributed by atoms with Crippen LogP contribution in [-0.4, -0.2) is 26.6 Å². The van der Waals surface area contributed by atoms with Gasteiger partial charge in [0.05, 0.1) is 13.7 Å². The van der Waals surface area contributed by atoms with Crippen molar-refractivity contribution < 1.29 is 9.47 Å². The van der Waals surface area contributed by atoms with E-state index in [-0.39, 0.29) is 0 Å². The summed E-state index contributed by atoms with van der Waals surface area (Å²) in [6.07, 6.45) is 4.26. The molecule has 2 aromatic carbocycles. The van der Waals surface area contributed by atoms with E-state index in [9.17, 15) is 0 Å². The van der Waals surface area contributed by atoms with Gasteiger partial charge in [0, 0.05) is 11.5 Å². The van der Waals surface area contributed by atoms with Crippen molar-refractivity contribution in [2.24, 2.45) is 0 Å². The molecule has 0 fully saturated rings. The molecule has 0 unspecified atom stereocenters. The van der Waals surface area contributed by atoms with E-state index < -0.39 is 0 Å². The van der Waals surface area contributed by atoms with Gasteiger partial charge in [-0.2, -0.15) is 0 Å². The van der Waals surface area contributed by atoms with Gasteiger partial charge in [-0.3, -0.25) is 0 Å². The lowest BCUT2D eigenvalue weighted by Gasteiger charge is -2.13. The largest absolute Gasteiger partial charge is 0.497 e. The molecule has 0 saturated heterocycles. The van der Waals surface area contributed by atoms with Gasteiger partial charge < -0.3 is 9.47 Å². The van der Waals surface area contributed by atoms with Crippen LogP contribution < -0.4 is 4.74 Å². The molecular weight excluding hydrogens is 292 g/mol. The molecule has 0 amide bonds. The fourth-order valence-electron chi connectivity index (χ4n) is 2.28. The van der Waals surface area contributed by atoms with Gasteiger partial charge in [-0.05, 0) is 48.1 Å². The molecule has 0 spiro atoms. The summed E-state index contributed by atoms with van der Waals surface area (Å²) in [5.74, 6) is 0.867. The Kier molecular flexibility index (Phi) is 6.56. The minimum atomic E-state index is 0.612. The third kappa shape index (κ3) is 4.15. The molecule has 0 aliphatic rings. The Hall–Kier alpha value is -1.71. The summed E-state index contributed by atoms with van der Waals surface area (Å²) < 4.78 is 10.8. The number of thioether (sulfide) groups is 1. The number of hydrogen-bond acceptors (Lipinski definition) is 3. The first-order valence-corrected chi connectivity index (χ1v) is 8.58. The Morgan fingerprint density at radius 1 is 1.09 bits per heavy atom. The van der Waals surface area contributed by atoms with E-state index in [0.29, 0.717) is 6.61 Å². The Morgan fingerprint density at radius 3 is 2.45 bits per heavy atom. The smallest absolute Gasteiger partial charge is 0.118 e. The van der Waals surface area contributed by atoms with Crippen LogP contribution in [0.2, 0.25) is 0 Å². The van der Waals surface area contributed by atoms with Gasteiger partial charge in [0.15, 0.2) is 0 Å². The average molecular weight is 314 g/mol. The lowest BCUT2D eigenvalue weighted by atomic mass is 9.97. The summed E-state index contributed by atoms with van der Waals surface area (Å²) >= 11 is 1.76. The van der Waals surface area contributed by atoms with Crippen LogP contribution in [0.15, 0.2) is 59.5 Å². The molecule has 116 valence electrons. The molecule has 0 radical (unpaired) electrons. The predicted octanol–water partition coefficient (Wildman–Crippen LogP) is 4.89. The maximum atomic E-state index is 5.52. The van der Waals surface area contributed by atoms with Crippen molar-refractivity contribution in [1.82, 2.24) is 0 Å². The highest BCUT2D eigenvalue weighted by Gasteiger charge is 2.09. The van der Waals surface area contributed by atoms with Crippen LogP contribution in [0, 0.1) is 0 Å². The molecule has 0 N–H and O–H groups in total. The van der Waals surface area contributed by atoms with Crippen LogP contribution in [0.25, 0.3) is 5.57 Å². The van der Waals surface area contributed by atoms with E-state index in [4.69, 9.17) is 9.47 Å². The lowest BCUT2D eigenvalue weighted by Crippen LogP contribution is -1.96. The van der Waals surface area contributed by atoms with Gasteiger partial charge in [-0.1, -0.05) is 36.4 Å². The molecule has 0 atom stereocenters. The Balaban J connectivity index is 2.43. The second kappa shape index (κ2) is 8.66. The number of rotatable bonds is 7. The van der Waals surface area contributed by atoms with Crippen LogP contribution in [0.1, 0.15) is 18.1 Å². The zero-order valence-corrected chi connectivity index (χ0v) is 14.2. The van der Waals surface area contributed by atoms with Crippen molar-refractivity contribution >= 4 is 17.3 Å². The normalized spacial score (nSPS) is 11.5. The number of methoxy groups -OCH3 is 1. The van der Waals surface area contributed by atoms with E-state index in [2.05, 4.69) is 48.7 Å². The summed E-state index contributed by atoms with van der Waals surface area (Å²) in [5.41, 5.74) is 3.60. The van der Waals surface area contributed by atoms with Gasteiger partial charge in [-0.25, -0.2) is 0 Å². The fourth-order valence-corrected chi connectivity index (χ4v) is 2.89. The van der Waals surface area contributed by atoms with Crippen molar-refractivity contribution in [1.29, 1.82) is 0 Å². The molecular formula is C19H22O2S. The maximum absolute atomic E-state index is 5.52. The summed E-state index contributed by atoms with van der Waals surface area (Å²) in [6.45, 7) is 3.34. The van der Waals surface area contributed by atoms with E-state index in [0.717, 1.165) is 12.4 Å². The van der Waals surface area contributed by atoms with Gasteiger partial charge in [0.25, 0.3) is 0 Å². The van der Waals surface area contributed by atoms with Crippen molar-refractivity contribution in [3.63, 3.8) is 0 Å². The van der Waals surface area contributed by atoms with E-state index in [1.54, 1.807) is 18.9 Å². The summed E-state index contributed by atoms with van der Waals surface area (Å²) in [4.78, 5) is 1.26. The minimum Gasteiger partial charge on any atom is -0.497 e. The van der Waals surface area contributed by atoms with Gasteiger partial charge in [0.2, 0.25) is 0 Å². The highest BCUT2D eigenvalue weighted by molar-refractivity contribution is 7.98. The lowest BCUT2D eigenvalue weighted by molar-refractivity contribution is 0.178. The molecule has 2 rings (SSSR count). The first kappa shape index (κ1) is 16.7. The van der Waals surface area contributed by atoms with Gasteiger partial charge in [-0.15, -0.1) is 11.8 Å². The topological polar surface area (TPSA) is 18.5 Å². The SMILES string of the molecule is CCOC/C=C(/c1ccc(OC)cc1)c1ccccc1SC. The number of ether oxygens (including phenoxy) is 2. The van der Waals surface area contributed by atoms with Crippen LogP contribution in [0.3, 0.4) is 0 Å². The zero-order valence-electron chi connectivity index (χ0n) is 13.3. The van der Waals surface area contributed by atoms with Crippen LogP contribution in [-0.2, 0) is 4.74 Å². The van der Waals surface area contributed by atoms with Crippen LogP contribution in [0.5, 0.6) is 5.75 Å². The highest BCUT2D eigenvalue weighted by Crippen LogP contribution is 2.31. The fraction of sp³-hybridized carbons (Fsp3) is 0.263. The van der Waals surface area contributed by atoms with E-state index >= 15 is 0 Å². The van der Waals surface area contributed by atoms with Crippen LogP contribution in [0.4, 0.5) is 0 Å². The van der Waals surface area contributed by atoms with Gasteiger partial charge >= 0.3 is 0 Å². The summed E-state index contributed by atoms with van der Waals surface area (Å²) in [7, 11) is 1.68. The molecule has 0 saturated carbocycles. The second-order valence-electron chi connectivity index (χ2n) is 4.71. The molecule has 3 heteroatoms. The second-order valence-corrected chi connectivity index (χ2v) is 5.55. The van der Waals surface area contributed by atoms with E-state index in [1.165, 1.54) is 21.6 Å². The Labute approximate surface area is 137 Å². The third-order valence-corrected chi connectivity index (χ3v) is 4.20. The molecule has 0 aliphatic heterocycles. The molecule has 0 aromatic heterocycles. The number of benzene rings is 2. The Morgan fingerprint density at radius 2 is 1.82 bits per heavy atom. The van der Waals surface area contributed by atoms with Gasteiger partial charge in [0.1, 0.15) is 5.75 Å². The van der Waals surface area contributed by atoms with Crippen LogP contribution >= 0.6 is 11.8 Å². The first-order chi connectivity index (χ1) is 10.8. The molecule has 22 heavy (non-hydrogen) atoms. The monoisotopic (exact) mass is 314 g/mol. The predicted molar refractivity (Wildman–Crippen MR) is 94.8 cm³/mol. The summed E-state index contributed by atoms with van der Waals surface area (Å²) in [5, 5.41) is 0. The Bertz CT molecular complexity index is 618. The molecule has 2 aromatic rings. The molecule has 0 heterocycles.